The Bertz CT molecular complexity index is 1670. The Labute approximate surface area is 278 Å². The molecule has 0 radical (unpaired) electrons. The molecule has 11 heteroatoms. The summed E-state index contributed by atoms with van der Waals surface area (Å²) in [5.74, 6) is 12.4. The van der Waals surface area contributed by atoms with Crippen molar-refractivity contribution in [2.45, 2.75) is 92.5 Å². The lowest BCUT2D eigenvalue weighted by Gasteiger charge is -2.41. The first-order chi connectivity index (χ1) is 23.1. The van der Waals surface area contributed by atoms with E-state index in [4.69, 9.17) is 9.47 Å². The van der Waals surface area contributed by atoms with Crippen molar-refractivity contribution in [1.82, 2.24) is 4.90 Å². The maximum Gasteiger partial charge on any atom is 0.225 e. The van der Waals surface area contributed by atoms with Crippen molar-refractivity contribution in [3.8, 4) is 34.8 Å². The molecule has 11 nitrogen and oxygen atoms in total. The van der Waals surface area contributed by atoms with Crippen molar-refractivity contribution in [3.63, 3.8) is 0 Å². The van der Waals surface area contributed by atoms with Gasteiger partial charge >= 0.3 is 0 Å². The van der Waals surface area contributed by atoms with Crippen LogP contribution in [-0.2, 0) is 19.7 Å². The summed E-state index contributed by atoms with van der Waals surface area (Å²) in [6.45, 7) is 0.395. The van der Waals surface area contributed by atoms with Crippen LogP contribution in [0.2, 0.25) is 0 Å². The second-order valence-electron chi connectivity index (χ2n) is 13.6. The lowest BCUT2D eigenvalue weighted by molar-refractivity contribution is -0.214. The van der Waals surface area contributed by atoms with Crippen molar-refractivity contribution in [3.05, 3.63) is 58.7 Å². The van der Waals surface area contributed by atoms with Gasteiger partial charge in [-0.1, -0.05) is 35.8 Å². The van der Waals surface area contributed by atoms with Crippen LogP contribution in [0.5, 0.6) is 0 Å². The molecule has 1 spiro atoms. The normalized spacial score (nSPS) is 33.6. The zero-order chi connectivity index (χ0) is 33.7. The minimum Gasteiger partial charge on any atom is -0.394 e. The molecular weight excluding hydrogens is 618 g/mol. The summed E-state index contributed by atoms with van der Waals surface area (Å²) in [6, 6.07) is 11.9. The van der Waals surface area contributed by atoms with Gasteiger partial charge in [0.05, 0.1) is 25.4 Å². The standard InChI is InChI=1S/C37H41NO10/c39-18-23-17-28(41)32(42)29(47-23)9-3-20-1-7-24-25-8-2-21(4-10-30-33(43)35(45)34(44)31(19-40)48-30)16-27(25)37(26(24)15-20)11-13-38(14-12-37)36(46)22-5-6-22/h1-2,7-8,15-16,22-23,28-35,39-45H,5-6,11-14,17-19H2/t23?,28?,29?,30?,31?,32?,33?,34-,35?/m1/s1. The number of carbonyl (C=O) groups excluding carboxylic acids is 1. The molecule has 254 valence electrons. The van der Waals surface area contributed by atoms with E-state index in [9.17, 15) is 40.5 Å². The third-order valence-corrected chi connectivity index (χ3v) is 10.6. The minimum atomic E-state index is -1.51. The van der Waals surface area contributed by atoms with Gasteiger partial charge in [0.25, 0.3) is 0 Å². The number of likely N-dealkylation sites (tertiary alicyclic amines) is 1. The molecule has 4 fully saturated rings. The number of amides is 1. The highest BCUT2D eigenvalue weighted by atomic mass is 16.5. The monoisotopic (exact) mass is 659 g/mol. The van der Waals surface area contributed by atoms with Gasteiger partial charge in [-0.25, -0.2) is 0 Å². The largest absolute Gasteiger partial charge is 0.394 e. The van der Waals surface area contributed by atoms with E-state index in [1.54, 1.807) is 0 Å². The number of fused-ring (bicyclic) bond motifs is 5. The quantitative estimate of drug-likeness (QED) is 0.211. The van der Waals surface area contributed by atoms with Crippen LogP contribution in [0.1, 0.15) is 54.4 Å². The maximum absolute atomic E-state index is 13.0. The number of benzene rings is 2. The number of piperidine rings is 1. The van der Waals surface area contributed by atoms with Crippen LogP contribution < -0.4 is 0 Å². The molecule has 3 saturated heterocycles. The Morgan fingerprint density at radius 2 is 1.35 bits per heavy atom. The summed E-state index contributed by atoms with van der Waals surface area (Å²) < 4.78 is 11.3. The first-order valence-corrected chi connectivity index (χ1v) is 16.7. The van der Waals surface area contributed by atoms with E-state index in [-0.39, 0.29) is 24.9 Å². The minimum absolute atomic E-state index is 0.130. The van der Waals surface area contributed by atoms with Gasteiger partial charge in [-0.05, 0) is 72.2 Å². The molecule has 0 aromatic heterocycles. The van der Waals surface area contributed by atoms with E-state index in [0.29, 0.717) is 37.1 Å². The molecule has 9 atom stereocenters. The zero-order valence-electron chi connectivity index (χ0n) is 26.4. The fourth-order valence-electron chi connectivity index (χ4n) is 7.61. The summed E-state index contributed by atoms with van der Waals surface area (Å²) in [5, 5.41) is 70.6. The Morgan fingerprint density at radius 3 is 1.90 bits per heavy atom. The molecule has 3 heterocycles. The Morgan fingerprint density at radius 1 is 0.771 bits per heavy atom. The Hall–Kier alpha value is -3.33. The van der Waals surface area contributed by atoms with Crippen LogP contribution in [0.15, 0.2) is 36.4 Å². The van der Waals surface area contributed by atoms with E-state index in [0.717, 1.165) is 35.1 Å². The smallest absolute Gasteiger partial charge is 0.225 e. The van der Waals surface area contributed by atoms with Gasteiger partial charge in [-0.15, -0.1) is 0 Å². The van der Waals surface area contributed by atoms with Gasteiger partial charge < -0.3 is 50.1 Å². The molecular formula is C37H41NO10. The number of rotatable bonds is 3. The predicted molar refractivity (Wildman–Crippen MR) is 171 cm³/mol. The average molecular weight is 660 g/mol. The van der Waals surface area contributed by atoms with Gasteiger partial charge in [0.2, 0.25) is 5.91 Å². The first kappa shape index (κ1) is 33.2. The van der Waals surface area contributed by atoms with E-state index in [2.05, 4.69) is 29.7 Å². The molecule has 2 aromatic rings. The number of ether oxygens (including phenoxy) is 2. The molecule has 48 heavy (non-hydrogen) atoms. The number of aliphatic hydroxyl groups excluding tert-OH is 7. The second kappa shape index (κ2) is 13.2. The Balaban J connectivity index is 1.21. The van der Waals surface area contributed by atoms with Gasteiger partial charge in [-0.2, -0.15) is 0 Å². The summed E-state index contributed by atoms with van der Waals surface area (Å²) in [6.07, 6.45) is -6.97. The number of carbonyl (C=O) groups is 1. The summed E-state index contributed by atoms with van der Waals surface area (Å²) >= 11 is 0. The fourth-order valence-corrected chi connectivity index (χ4v) is 7.61. The molecule has 1 amide bonds. The van der Waals surface area contributed by atoms with Crippen molar-refractivity contribution < 1.29 is 50.0 Å². The summed E-state index contributed by atoms with van der Waals surface area (Å²) in [4.78, 5) is 15.0. The van der Waals surface area contributed by atoms with Gasteiger partial charge in [0.15, 0.2) is 0 Å². The summed E-state index contributed by atoms with van der Waals surface area (Å²) in [7, 11) is 0. The highest BCUT2D eigenvalue weighted by Crippen LogP contribution is 2.54. The zero-order valence-corrected chi connectivity index (χ0v) is 26.4. The molecule has 7 N–H and O–H groups in total. The molecule has 2 aromatic carbocycles. The molecule has 1 saturated carbocycles. The molecule has 8 unspecified atom stereocenters. The molecule has 7 rings (SSSR count). The topological polar surface area (TPSA) is 180 Å². The van der Waals surface area contributed by atoms with Crippen LogP contribution >= 0.6 is 0 Å². The van der Waals surface area contributed by atoms with Gasteiger partial charge in [0.1, 0.15) is 42.7 Å². The van der Waals surface area contributed by atoms with Crippen molar-refractivity contribution >= 4 is 5.91 Å². The second-order valence-corrected chi connectivity index (χ2v) is 13.6. The lowest BCUT2D eigenvalue weighted by atomic mass is 9.70. The predicted octanol–water partition coefficient (Wildman–Crippen LogP) is -0.597. The average Bonchev–Trinajstić information content (AvgIpc) is 3.93. The van der Waals surface area contributed by atoms with Gasteiger partial charge in [-0.3, -0.25) is 4.79 Å². The number of hydrogen-bond donors (Lipinski definition) is 7. The van der Waals surface area contributed by atoms with Crippen LogP contribution in [0, 0.1) is 29.6 Å². The number of nitrogens with zero attached hydrogens (tertiary/aromatic N) is 1. The molecule has 2 aliphatic carbocycles. The van der Waals surface area contributed by atoms with Crippen LogP contribution in [0.25, 0.3) is 11.1 Å². The Kier molecular flexibility index (Phi) is 9.11. The highest BCUT2D eigenvalue weighted by Gasteiger charge is 2.47. The first-order valence-electron chi connectivity index (χ1n) is 16.7. The third-order valence-electron chi connectivity index (χ3n) is 10.6. The third kappa shape index (κ3) is 5.94. The molecule has 5 aliphatic rings. The van der Waals surface area contributed by atoms with E-state index < -0.39 is 67.0 Å². The fraction of sp³-hybridized carbons (Fsp3) is 0.541. The summed E-state index contributed by atoms with van der Waals surface area (Å²) in [5.41, 5.74) is 5.19. The van der Waals surface area contributed by atoms with Crippen LogP contribution in [-0.4, -0.2) is 128 Å². The van der Waals surface area contributed by atoms with Gasteiger partial charge in [0, 0.05) is 42.0 Å². The van der Waals surface area contributed by atoms with E-state index in [1.807, 2.05) is 35.2 Å². The highest BCUT2D eigenvalue weighted by molar-refractivity contribution is 5.84. The van der Waals surface area contributed by atoms with Crippen molar-refractivity contribution in [2.75, 3.05) is 26.3 Å². The van der Waals surface area contributed by atoms with E-state index >= 15 is 0 Å². The van der Waals surface area contributed by atoms with Crippen molar-refractivity contribution in [1.29, 1.82) is 0 Å². The van der Waals surface area contributed by atoms with Crippen LogP contribution in [0.4, 0.5) is 0 Å². The van der Waals surface area contributed by atoms with Crippen molar-refractivity contribution in [2.24, 2.45) is 5.92 Å². The molecule has 3 aliphatic heterocycles. The number of aliphatic hydroxyl groups is 7. The number of hydrogen-bond acceptors (Lipinski definition) is 10. The SMILES string of the molecule is O=C(C1CC1)N1CCC2(CC1)c1cc(C#CC3OC(CO)CC(O)C3O)ccc1-c1ccc(C#CC3OC(CO)[C@@H](O)C(O)C3O)cc12. The molecule has 0 bridgehead atoms. The van der Waals surface area contributed by atoms with E-state index in [1.165, 1.54) is 0 Å². The lowest BCUT2D eigenvalue weighted by Crippen LogP contribution is -2.58. The van der Waals surface area contributed by atoms with Crippen LogP contribution in [0.3, 0.4) is 0 Å². The maximum atomic E-state index is 13.0.